The third-order valence-electron chi connectivity index (χ3n) is 3.94. The van der Waals surface area contributed by atoms with Crippen molar-refractivity contribution in [2.75, 3.05) is 14.2 Å². The van der Waals surface area contributed by atoms with E-state index in [9.17, 15) is 9.59 Å². The number of rotatable bonds is 4. The Balaban J connectivity index is 2.20. The molecule has 0 fully saturated rings. The van der Waals surface area contributed by atoms with E-state index >= 15 is 0 Å². The molecule has 0 saturated carbocycles. The lowest BCUT2D eigenvalue weighted by atomic mass is 9.77. The number of ether oxygens (including phenoxy) is 2. The second kappa shape index (κ2) is 6.55. The molecule has 2 bridgehead atoms. The molecule has 0 aromatic heterocycles. The number of allylic oxidation sites excluding steroid dienone is 6. The van der Waals surface area contributed by atoms with Crippen molar-refractivity contribution < 1.29 is 19.1 Å². The summed E-state index contributed by atoms with van der Waals surface area (Å²) in [6, 6.07) is 0. The maximum Gasteiger partial charge on any atom is 0.320 e. The molecule has 0 amide bonds. The van der Waals surface area contributed by atoms with Crippen molar-refractivity contribution in [3.05, 3.63) is 36.0 Å². The highest BCUT2D eigenvalue weighted by molar-refractivity contribution is 5.95. The molecule has 20 heavy (non-hydrogen) atoms. The van der Waals surface area contributed by atoms with Gasteiger partial charge in [0.25, 0.3) is 0 Å². The average Bonchev–Trinajstić information content (AvgIpc) is 2.44. The summed E-state index contributed by atoms with van der Waals surface area (Å²) in [7, 11) is 2.58. The van der Waals surface area contributed by atoms with Gasteiger partial charge in [0.05, 0.1) is 14.2 Å². The first-order valence-corrected chi connectivity index (χ1v) is 6.87. The van der Waals surface area contributed by atoms with Crippen molar-refractivity contribution in [2.24, 2.45) is 17.8 Å². The molecule has 0 aromatic carbocycles. The molecule has 4 heteroatoms. The Morgan fingerprint density at radius 3 is 2.45 bits per heavy atom. The van der Waals surface area contributed by atoms with Gasteiger partial charge in [-0.25, -0.2) is 0 Å². The first-order chi connectivity index (χ1) is 9.65. The van der Waals surface area contributed by atoms with Crippen molar-refractivity contribution in [3.8, 4) is 0 Å². The van der Waals surface area contributed by atoms with Crippen molar-refractivity contribution in [1.82, 2.24) is 0 Å². The lowest BCUT2D eigenvalue weighted by Gasteiger charge is -2.28. The minimum Gasteiger partial charge on any atom is -0.468 e. The summed E-state index contributed by atoms with van der Waals surface area (Å²) in [6.45, 7) is 0. The predicted octanol–water partition coefficient (Wildman–Crippen LogP) is 2.42. The van der Waals surface area contributed by atoms with Crippen LogP contribution in [0.4, 0.5) is 0 Å². The molecule has 0 radical (unpaired) electrons. The molecular formula is C16H20O4. The summed E-state index contributed by atoms with van der Waals surface area (Å²) in [5.74, 6) is -1.24. The third kappa shape index (κ3) is 3.18. The van der Waals surface area contributed by atoms with Crippen molar-refractivity contribution >= 4 is 11.9 Å². The second-order valence-electron chi connectivity index (χ2n) is 5.16. The van der Waals surface area contributed by atoms with Crippen LogP contribution < -0.4 is 0 Å². The zero-order valence-corrected chi connectivity index (χ0v) is 11.9. The van der Waals surface area contributed by atoms with Gasteiger partial charge in [0.1, 0.15) is 0 Å². The van der Waals surface area contributed by atoms with Gasteiger partial charge in [-0.3, -0.25) is 9.59 Å². The topological polar surface area (TPSA) is 52.6 Å². The second-order valence-corrected chi connectivity index (χ2v) is 5.16. The summed E-state index contributed by atoms with van der Waals surface area (Å²) in [5.41, 5.74) is 1.13. The number of fused-ring (bicyclic) bond motifs is 2. The van der Waals surface area contributed by atoms with Crippen LogP contribution in [0.1, 0.15) is 19.3 Å². The Kier molecular flexibility index (Phi) is 4.77. The molecule has 3 aliphatic carbocycles. The fourth-order valence-corrected chi connectivity index (χ4v) is 2.82. The summed E-state index contributed by atoms with van der Waals surface area (Å²) in [4.78, 5) is 23.5. The zero-order valence-electron chi connectivity index (χ0n) is 11.9. The van der Waals surface area contributed by atoms with E-state index in [1.165, 1.54) is 14.2 Å². The van der Waals surface area contributed by atoms with Crippen LogP contribution in [-0.4, -0.2) is 26.2 Å². The monoisotopic (exact) mass is 276 g/mol. The van der Waals surface area contributed by atoms with E-state index in [-0.39, 0.29) is 0 Å². The van der Waals surface area contributed by atoms with E-state index in [2.05, 4.69) is 24.3 Å². The first kappa shape index (κ1) is 14.6. The Bertz CT molecular complexity index is 457. The van der Waals surface area contributed by atoms with Gasteiger partial charge in [0.15, 0.2) is 5.92 Å². The lowest BCUT2D eigenvalue weighted by molar-refractivity contribution is -0.158. The third-order valence-corrected chi connectivity index (χ3v) is 3.94. The molecular weight excluding hydrogens is 256 g/mol. The average molecular weight is 276 g/mol. The number of hydrogen-bond acceptors (Lipinski definition) is 4. The van der Waals surface area contributed by atoms with Crippen molar-refractivity contribution in [3.63, 3.8) is 0 Å². The van der Waals surface area contributed by atoms with Gasteiger partial charge in [0.2, 0.25) is 0 Å². The minimum atomic E-state index is -0.866. The Labute approximate surface area is 119 Å². The largest absolute Gasteiger partial charge is 0.468 e. The summed E-state index contributed by atoms with van der Waals surface area (Å²) in [6.07, 6.45) is 13.1. The molecule has 3 aliphatic rings. The summed E-state index contributed by atoms with van der Waals surface area (Å²) < 4.78 is 9.43. The Morgan fingerprint density at radius 1 is 1.15 bits per heavy atom. The van der Waals surface area contributed by atoms with Crippen LogP contribution in [0.25, 0.3) is 0 Å². The molecule has 0 unspecified atom stereocenters. The van der Waals surface area contributed by atoms with E-state index < -0.39 is 17.9 Å². The Morgan fingerprint density at radius 2 is 1.80 bits per heavy atom. The maximum atomic E-state index is 11.8. The molecule has 3 rings (SSSR count). The fraction of sp³-hybridized carbons (Fsp3) is 0.500. The molecule has 0 spiro atoms. The molecule has 0 heterocycles. The molecule has 0 N–H and O–H groups in total. The van der Waals surface area contributed by atoms with Crippen molar-refractivity contribution in [1.29, 1.82) is 0 Å². The fourth-order valence-electron chi connectivity index (χ4n) is 2.82. The van der Waals surface area contributed by atoms with Gasteiger partial charge in [-0.15, -0.1) is 0 Å². The van der Waals surface area contributed by atoms with Crippen LogP contribution >= 0.6 is 0 Å². The molecule has 2 atom stereocenters. The molecule has 0 saturated heterocycles. The van der Waals surface area contributed by atoms with E-state index in [0.717, 1.165) is 18.4 Å². The van der Waals surface area contributed by atoms with Gasteiger partial charge in [-0.05, 0) is 31.1 Å². The summed E-state index contributed by atoms with van der Waals surface area (Å²) >= 11 is 0. The predicted molar refractivity (Wildman–Crippen MR) is 74.7 cm³/mol. The standard InChI is InChI=1S/C16H20O4/c1-19-15(17)14(16(18)20-2)10-13-9-11-5-3-4-6-12(13)8-7-11/h3-6,9,11-12,14H,7-8,10H2,1-2H3/b5-3-,6-4-/t11-,12+/m0/s1. The quantitative estimate of drug-likeness (QED) is 0.449. The van der Waals surface area contributed by atoms with Gasteiger partial charge in [-0.1, -0.05) is 36.0 Å². The SMILES string of the molecule is COC(=O)C(CC1=C[C@H]2/C=C\C=C/[C@@H]1CC2)C(=O)OC. The minimum absolute atomic E-state index is 0.299. The highest BCUT2D eigenvalue weighted by Crippen LogP contribution is 2.35. The summed E-state index contributed by atoms with van der Waals surface area (Å²) in [5, 5.41) is 0. The van der Waals surface area contributed by atoms with Crippen molar-refractivity contribution in [2.45, 2.75) is 19.3 Å². The number of carbonyl (C=O) groups excluding carboxylic acids is 2. The smallest absolute Gasteiger partial charge is 0.320 e. The number of carbonyl (C=O) groups is 2. The van der Waals surface area contributed by atoms with Crippen LogP contribution in [0.2, 0.25) is 0 Å². The molecule has 0 aromatic rings. The van der Waals surface area contributed by atoms with E-state index in [4.69, 9.17) is 9.47 Å². The lowest BCUT2D eigenvalue weighted by Crippen LogP contribution is -2.28. The molecule has 108 valence electrons. The normalized spacial score (nSPS) is 27.2. The highest BCUT2D eigenvalue weighted by Gasteiger charge is 2.32. The first-order valence-electron chi connectivity index (χ1n) is 6.87. The molecule has 0 aliphatic heterocycles. The van der Waals surface area contributed by atoms with Gasteiger partial charge in [0, 0.05) is 0 Å². The maximum absolute atomic E-state index is 11.8. The number of esters is 2. The zero-order chi connectivity index (χ0) is 14.5. The van der Waals surface area contributed by atoms with Crippen LogP contribution in [0.5, 0.6) is 0 Å². The molecule has 4 nitrogen and oxygen atoms in total. The highest BCUT2D eigenvalue weighted by atomic mass is 16.5. The van der Waals surface area contributed by atoms with Gasteiger partial charge >= 0.3 is 11.9 Å². The van der Waals surface area contributed by atoms with Gasteiger partial charge in [-0.2, -0.15) is 0 Å². The van der Waals surface area contributed by atoms with E-state index in [1.54, 1.807) is 0 Å². The Hall–Kier alpha value is -1.84. The van der Waals surface area contributed by atoms with E-state index in [1.807, 2.05) is 6.08 Å². The van der Waals surface area contributed by atoms with Gasteiger partial charge < -0.3 is 9.47 Å². The van der Waals surface area contributed by atoms with Crippen LogP contribution in [0.15, 0.2) is 36.0 Å². The number of methoxy groups -OCH3 is 2. The van der Waals surface area contributed by atoms with E-state index in [0.29, 0.717) is 18.3 Å². The van der Waals surface area contributed by atoms with Crippen LogP contribution in [0, 0.1) is 17.8 Å². The number of hydrogen-bond donors (Lipinski definition) is 0. The van der Waals surface area contributed by atoms with Crippen LogP contribution in [0.3, 0.4) is 0 Å². The van der Waals surface area contributed by atoms with Crippen LogP contribution in [-0.2, 0) is 19.1 Å².